The summed E-state index contributed by atoms with van der Waals surface area (Å²) in [7, 11) is 1.75. The van der Waals surface area contributed by atoms with Crippen LogP contribution in [0.25, 0.3) is 0 Å². The van der Waals surface area contributed by atoms with E-state index in [4.69, 9.17) is 0 Å². The molecule has 1 rings (SSSR count). The minimum atomic E-state index is -0.476. The highest BCUT2D eigenvalue weighted by atomic mass is 16.2. The fraction of sp³-hybridized carbons (Fsp3) is 0.867. The second-order valence-electron chi connectivity index (χ2n) is 12.5. The molecule has 0 spiro atoms. The number of Topliss-reactive ketones (excluding diaryl/α,β-unsaturated/α-hetero) is 3. The molecule has 5 nitrogen and oxygen atoms in total. The Morgan fingerprint density at radius 1 is 0.800 bits per heavy atom. The quantitative estimate of drug-likeness (QED) is 0.257. The number of nitrogens with zero attached hydrogens (tertiary/aromatic N) is 1. The van der Waals surface area contributed by atoms with Crippen LogP contribution in [0.2, 0.25) is 0 Å². The minimum absolute atomic E-state index is 0.0117. The standard InChI is InChI=1S/C30H53NO4/c1-12-19(6)28(33)24(13-17(2)3)20(7)15-21(8)29(34)27(14-18(4)5)31(11)30(35)22(9)25-16-26(25)23(10)32/h17-22,24-27H,12-16H2,1-11H3. The van der Waals surface area contributed by atoms with Crippen LogP contribution in [0.3, 0.4) is 0 Å². The first-order chi connectivity index (χ1) is 16.1. The molecule has 202 valence electrons. The SMILES string of the molecule is CCC(C)C(=O)C(CC(C)C)C(C)CC(C)C(=O)C(CC(C)C)N(C)C(=O)C(C)C1CC1C(C)=O. The highest BCUT2D eigenvalue weighted by Crippen LogP contribution is 2.45. The molecule has 1 fully saturated rings. The first kappa shape index (κ1) is 31.5. The zero-order valence-corrected chi connectivity index (χ0v) is 24.4. The topological polar surface area (TPSA) is 71.5 Å². The Labute approximate surface area is 215 Å². The van der Waals surface area contributed by atoms with Gasteiger partial charge in [-0.2, -0.15) is 0 Å². The molecule has 0 aliphatic heterocycles. The van der Waals surface area contributed by atoms with Crippen LogP contribution in [0.15, 0.2) is 0 Å². The maximum Gasteiger partial charge on any atom is 0.226 e. The monoisotopic (exact) mass is 491 g/mol. The van der Waals surface area contributed by atoms with Crippen LogP contribution in [-0.4, -0.2) is 41.2 Å². The van der Waals surface area contributed by atoms with E-state index >= 15 is 0 Å². The third-order valence-corrected chi connectivity index (χ3v) is 8.32. The Hall–Kier alpha value is -1.52. The van der Waals surface area contributed by atoms with Gasteiger partial charge in [0.05, 0.1) is 6.04 Å². The van der Waals surface area contributed by atoms with Gasteiger partial charge in [-0.05, 0) is 62.7 Å². The normalized spacial score (nSPS) is 22.8. The third-order valence-electron chi connectivity index (χ3n) is 8.32. The smallest absolute Gasteiger partial charge is 0.226 e. The van der Waals surface area contributed by atoms with E-state index in [1.54, 1.807) is 18.9 Å². The highest BCUT2D eigenvalue weighted by molar-refractivity contribution is 5.92. The lowest BCUT2D eigenvalue weighted by Gasteiger charge is -2.34. The number of likely N-dealkylation sites (N-methyl/N-ethyl adjacent to an activating group) is 1. The Balaban J connectivity index is 3.00. The summed E-state index contributed by atoms with van der Waals surface area (Å²) in [5, 5.41) is 0. The number of carbonyl (C=O) groups is 4. The molecule has 1 aliphatic carbocycles. The molecule has 0 aromatic rings. The van der Waals surface area contributed by atoms with Crippen LogP contribution in [0.1, 0.15) is 101 Å². The molecule has 1 amide bonds. The number of hydrogen-bond acceptors (Lipinski definition) is 4. The molecule has 0 bridgehead atoms. The molecule has 0 N–H and O–H groups in total. The van der Waals surface area contributed by atoms with Gasteiger partial charge in [-0.25, -0.2) is 0 Å². The number of amides is 1. The second kappa shape index (κ2) is 13.7. The molecule has 0 aromatic carbocycles. The summed E-state index contributed by atoms with van der Waals surface area (Å²) in [5.74, 6) is 0.908. The van der Waals surface area contributed by atoms with E-state index in [9.17, 15) is 19.2 Å². The van der Waals surface area contributed by atoms with Crippen LogP contribution in [0.5, 0.6) is 0 Å². The van der Waals surface area contributed by atoms with Crippen LogP contribution in [0.4, 0.5) is 0 Å². The van der Waals surface area contributed by atoms with Crippen LogP contribution in [0, 0.1) is 53.3 Å². The van der Waals surface area contributed by atoms with E-state index < -0.39 is 6.04 Å². The molecule has 8 unspecified atom stereocenters. The minimum Gasteiger partial charge on any atom is -0.335 e. The van der Waals surface area contributed by atoms with E-state index in [0.717, 1.165) is 19.3 Å². The van der Waals surface area contributed by atoms with Gasteiger partial charge in [-0.3, -0.25) is 19.2 Å². The van der Waals surface area contributed by atoms with Gasteiger partial charge in [-0.1, -0.05) is 62.3 Å². The zero-order chi connectivity index (χ0) is 27.2. The molecule has 1 saturated carbocycles. The molecule has 1 aliphatic rings. The Morgan fingerprint density at radius 2 is 1.34 bits per heavy atom. The molecule has 5 heteroatoms. The summed E-state index contributed by atoms with van der Waals surface area (Å²) in [6.07, 6.45) is 3.72. The fourth-order valence-electron chi connectivity index (χ4n) is 5.67. The van der Waals surface area contributed by atoms with Crippen LogP contribution in [-0.2, 0) is 19.2 Å². The fourth-order valence-corrected chi connectivity index (χ4v) is 5.67. The van der Waals surface area contributed by atoms with Gasteiger partial charge in [0.1, 0.15) is 11.6 Å². The van der Waals surface area contributed by atoms with Crippen molar-refractivity contribution in [2.75, 3.05) is 7.05 Å². The summed E-state index contributed by atoms with van der Waals surface area (Å²) < 4.78 is 0. The number of ketones is 3. The third kappa shape index (κ3) is 8.82. The first-order valence-electron chi connectivity index (χ1n) is 14.0. The van der Waals surface area contributed by atoms with Gasteiger partial charge in [0.25, 0.3) is 0 Å². The van der Waals surface area contributed by atoms with Gasteiger partial charge in [0.2, 0.25) is 5.91 Å². The number of rotatable bonds is 16. The van der Waals surface area contributed by atoms with Crippen molar-refractivity contribution in [1.82, 2.24) is 4.90 Å². The van der Waals surface area contributed by atoms with Gasteiger partial charge >= 0.3 is 0 Å². The van der Waals surface area contributed by atoms with Crippen molar-refractivity contribution < 1.29 is 19.2 Å². The maximum atomic E-state index is 13.7. The summed E-state index contributed by atoms with van der Waals surface area (Å²) in [6.45, 7) is 20.1. The van der Waals surface area contributed by atoms with E-state index in [-0.39, 0.29) is 64.8 Å². The van der Waals surface area contributed by atoms with Crippen molar-refractivity contribution in [3.05, 3.63) is 0 Å². The van der Waals surface area contributed by atoms with Gasteiger partial charge in [0.15, 0.2) is 5.78 Å². The van der Waals surface area contributed by atoms with Gasteiger partial charge < -0.3 is 4.90 Å². The van der Waals surface area contributed by atoms with E-state index in [1.807, 2.05) is 20.8 Å². The highest BCUT2D eigenvalue weighted by Gasteiger charge is 2.48. The van der Waals surface area contributed by atoms with Crippen molar-refractivity contribution in [2.45, 2.75) is 107 Å². The van der Waals surface area contributed by atoms with Gasteiger partial charge in [-0.15, -0.1) is 0 Å². The largest absolute Gasteiger partial charge is 0.335 e. The summed E-state index contributed by atoms with van der Waals surface area (Å²) >= 11 is 0. The number of hydrogen-bond donors (Lipinski definition) is 0. The molecule has 0 heterocycles. The first-order valence-corrected chi connectivity index (χ1v) is 14.0. The van der Waals surface area contributed by atoms with Crippen molar-refractivity contribution in [1.29, 1.82) is 0 Å². The van der Waals surface area contributed by atoms with Crippen LogP contribution < -0.4 is 0 Å². The lowest BCUT2D eigenvalue weighted by molar-refractivity contribution is -0.143. The summed E-state index contributed by atoms with van der Waals surface area (Å²) in [4.78, 5) is 53.5. The molecule has 0 aromatic heterocycles. The van der Waals surface area contributed by atoms with Crippen molar-refractivity contribution in [3.63, 3.8) is 0 Å². The summed E-state index contributed by atoms with van der Waals surface area (Å²) in [6, 6.07) is -0.476. The Bertz CT molecular complexity index is 743. The Kier molecular flexibility index (Phi) is 12.3. The number of carbonyl (C=O) groups excluding carboxylic acids is 4. The molecule has 0 radical (unpaired) electrons. The van der Waals surface area contributed by atoms with E-state index in [2.05, 4.69) is 41.5 Å². The molecular formula is C30H53NO4. The molecule has 35 heavy (non-hydrogen) atoms. The predicted molar refractivity (Wildman–Crippen MR) is 143 cm³/mol. The van der Waals surface area contributed by atoms with E-state index in [1.165, 1.54) is 0 Å². The van der Waals surface area contributed by atoms with Crippen LogP contribution >= 0.6 is 0 Å². The maximum absolute atomic E-state index is 13.7. The lowest BCUT2D eigenvalue weighted by atomic mass is 9.74. The summed E-state index contributed by atoms with van der Waals surface area (Å²) in [5.41, 5.74) is 0. The molecular weight excluding hydrogens is 438 g/mol. The predicted octanol–water partition coefficient (Wildman–Crippen LogP) is 6.23. The molecule has 0 saturated heterocycles. The van der Waals surface area contributed by atoms with E-state index in [0.29, 0.717) is 24.5 Å². The van der Waals surface area contributed by atoms with Crippen molar-refractivity contribution >= 4 is 23.3 Å². The second-order valence-corrected chi connectivity index (χ2v) is 12.5. The lowest BCUT2D eigenvalue weighted by Crippen LogP contribution is -2.47. The zero-order valence-electron chi connectivity index (χ0n) is 24.4. The van der Waals surface area contributed by atoms with Crippen molar-refractivity contribution in [3.8, 4) is 0 Å². The molecule has 8 atom stereocenters. The average molecular weight is 492 g/mol. The van der Waals surface area contributed by atoms with Crippen molar-refractivity contribution in [2.24, 2.45) is 53.3 Å². The van der Waals surface area contributed by atoms with Gasteiger partial charge in [0, 0.05) is 36.6 Å². The Morgan fingerprint density at radius 3 is 1.77 bits per heavy atom. The average Bonchev–Trinajstić information content (AvgIpc) is 3.58.